The quantitative estimate of drug-likeness (QED) is 0.177. The average Bonchev–Trinajstić information content (AvgIpc) is 2.85. The Morgan fingerprint density at radius 2 is 1.42 bits per heavy atom. The Morgan fingerprint density at radius 3 is 1.83 bits per heavy atom. The zero-order valence-corrected chi connectivity index (χ0v) is 18.8. The van der Waals surface area contributed by atoms with Gasteiger partial charge in [0.25, 0.3) is 18.2 Å². The summed E-state index contributed by atoms with van der Waals surface area (Å²) in [7, 11) is 1.16. The van der Waals surface area contributed by atoms with Gasteiger partial charge in [0.15, 0.2) is 0 Å². The molecule has 0 aromatic heterocycles. The highest BCUT2D eigenvalue weighted by Gasteiger charge is 2.48. The van der Waals surface area contributed by atoms with E-state index in [9.17, 15) is 36.3 Å². The van der Waals surface area contributed by atoms with Crippen molar-refractivity contribution in [2.75, 3.05) is 7.05 Å². The van der Waals surface area contributed by atoms with Crippen molar-refractivity contribution in [3.05, 3.63) is 70.8 Å². The summed E-state index contributed by atoms with van der Waals surface area (Å²) in [6.45, 7) is 0.813. The summed E-state index contributed by atoms with van der Waals surface area (Å²) in [6, 6.07) is 6.38. The largest absolute Gasteiger partial charge is 0.416 e. The molecule has 36 heavy (non-hydrogen) atoms. The van der Waals surface area contributed by atoms with Gasteiger partial charge >= 0.3 is 12.2 Å². The van der Waals surface area contributed by atoms with E-state index >= 15 is 0 Å². The van der Waals surface area contributed by atoms with E-state index in [-0.39, 0.29) is 5.56 Å². The Kier molecular flexibility index (Phi) is 8.96. The van der Waals surface area contributed by atoms with Gasteiger partial charge in [-0.15, -0.1) is 0 Å². The number of nitrogens with one attached hydrogen (secondary N) is 4. The van der Waals surface area contributed by atoms with Crippen molar-refractivity contribution < 1.29 is 41.5 Å². The van der Waals surface area contributed by atoms with Gasteiger partial charge < -0.3 is 16.0 Å². The van der Waals surface area contributed by atoms with Crippen LogP contribution in [-0.4, -0.2) is 48.1 Å². The standard InChI is InChI=1S/C23H21F5N4O4/c1-22(20(24)25,31-21(35)29-2)17(19(34)32-36)30-18(33)15-9-5-13(6-10-15)3-4-14-7-11-16(12-8-14)23(26,27)28/h5-12,17,20,36H,1-2H3,(H,30,33)(H,32,34)(H2,29,31,35)/t17-,22?/m1/s1. The van der Waals surface area contributed by atoms with Crippen LogP contribution in [0, 0.1) is 11.8 Å². The second-order valence-electron chi connectivity index (χ2n) is 7.57. The van der Waals surface area contributed by atoms with Gasteiger partial charge in [-0.2, -0.15) is 13.2 Å². The number of carbonyl (C=O) groups excluding carboxylic acids is 3. The number of halogens is 5. The van der Waals surface area contributed by atoms with Gasteiger partial charge in [0.2, 0.25) is 0 Å². The number of hydrogen-bond acceptors (Lipinski definition) is 4. The summed E-state index contributed by atoms with van der Waals surface area (Å²) in [6.07, 6.45) is -7.80. The van der Waals surface area contributed by atoms with E-state index in [1.807, 2.05) is 5.32 Å². The second-order valence-corrected chi connectivity index (χ2v) is 7.57. The third kappa shape index (κ3) is 6.92. The zero-order chi connectivity index (χ0) is 27.1. The molecule has 2 rings (SSSR count). The monoisotopic (exact) mass is 512 g/mol. The number of hydrogen-bond donors (Lipinski definition) is 5. The number of urea groups is 1. The van der Waals surface area contributed by atoms with Crippen molar-refractivity contribution in [2.45, 2.75) is 31.1 Å². The van der Waals surface area contributed by atoms with E-state index in [1.165, 1.54) is 41.9 Å². The molecule has 2 atom stereocenters. The SMILES string of the molecule is CNC(=O)NC(C)(C(F)F)[C@H](NC(=O)c1ccc(C#Cc2ccc(C(F)(F)F)cc2)cc1)C(=O)NO. The number of rotatable bonds is 6. The molecule has 0 radical (unpaired) electrons. The fourth-order valence-corrected chi connectivity index (χ4v) is 2.92. The van der Waals surface area contributed by atoms with Crippen LogP contribution in [0.15, 0.2) is 48.5 Å². The summed E-state index contributed by atoms with van der Waals surface area (Å²) in [4.78, 5) is 36.4. The number of hydroxylamine groups is 1. The molecular formula is C23H21F5N4O4. The predicted octanol–water partition coefficient (Wildman–Crippen LogP) is 2.66. The highest BCUT2D eigenvalue weighted by atomic mass is 19.4. The van der Waals surface area contributed by atoms with Gasteiger partial charge in [0, 0.05) is 23.7 Å². The molecule has 1 unspecified atom stereocenters. The average molecular weight is 512 g/mol. The van der Waals surface area contributed by atoms with Crippen LogP contribution in [0.5, 0.6) is 0 Å². The Bertz CT molecular complexity index is 1160. The lowest BCUT2D eigenvalue weighted by atomic mass is 9.91. The molecule has 2 aromatic carbocycles. The highest BCUT2D eigenvalue weighted by Crippen LogP contribution is 2.29. The fourth-order valence-electron chi connectivity index (χ4n) is 2.92. The highest BCUT2D eigenvalue weighted by molar-refractivity contribution is 5.98. The van der Waals surface area contributed by atoms with Crippen LogP contribution in [0.1, 0.15) is 34.0 Å². The van der Waals surface area contributed by atoms with Crippen molar-refractivity contribution in [3.8, 4) is 11.8 Å². The van der Waals surface area contributed by atoms with E-state index < -0.39 is 47.6 Å². The lowest BCUT2D eigenvalue weighted by Crippen LogP contribution is -2.69. The Labute approximate surface area is 202 Å². The summed E-state index contributed by atoms with van der Waals surface area (Å²) >= 11 is 0. The second kappa shape index (κ2) is 11.5. The molecule has 0 aliphatic carbocycles. The molecule has 0 aliphatic rings. The maximum Gasteiger partial charge on any atom is 0.416 e. The fraction of sp³-hybridized carbons (Fsp3) is 0.261. The maximum atomic E-state index is 13.8. The van der Waals surface area contributed by atoms with Crippen LogP contribution in [0.4, 0.5) is 26.7 Å². The van der Waals surface area contributed by atoms with Gasteiger partial charge in [0.1, 0.15) is 11.6 Å². The molecule has 0 bridgehead atoms. The molecule has 0 saturated heterocycles. The van der Waals surface area contributed by atoms with Crippen LogP contribution in [0.25, 0.3) is 0 Å². The zero-order valence-electron chi connectivity index (χ0n) is 18.8. The van der Waals surface area contributed by atoms with Crippen LogP contribution in [0.3, 0.4) is 0 Å². The van der Waals surface area contributed by atoms with Gasteiger partial charge in [-0.3, -0.25) is 14.8 Å². The smallest absolute Gasteiger partial charge is 0.341 e. The normalized spacial score (nSPS) is 13.5. The molecule has 4 amide bonds. The van der Waals surface area contributed by atoms with E-state index in [2.05, 4.69) is 22.5 Å². The number of benzene rings is 2. The first-order chi connectivity index (χ1) is 16.8. The van der Waals surface area contributed by atoms with Crippen LogP contribution < -0.4 is 21.4 Å². The van der Waals surface area contributed by atoms with Crippen LogP contribution in [0.2, 0.25) is 0 Å². The third-order valence-electron chi connectivity index (χ3n) is 5.02. The predicted molar refractivity (Wildman–Crippen MR) is 117 cm³/mol. The van der Waals surface area contributed by atoms with Gasteiger partial charge in [-0.25, -0.2) is 19.1 Å². The molecule has 5 N–H and O–H groups in total. The topological polar surface area (TPSA) is 120 Å². The summed E-state index contributed by atoms with van der Waals surface area (Å²) < 4.78 is 65.5. The molecule has 0 heterocycles. The van der Waals surface area contributed by atoms with Crippen molar-refractivity contribution in [1.82, 2.24) is 21.4 Å². The van der Waals surface area contributed by atoms with Gasteiger partial charge in [-0.1, -0.05) is 11.8 Å². The molecule has 2 aromatic rings. The van der Waals surface area contributed by atoms with Crippen molar-refractivity contribution >= 4 is 17.8 Å². The number of amides is 4. The maximum absolute atomic E-state index is 13.8. The first kappa shape index (κ1) is 28.1. The number of alkyl halides is 5. The lowest BCUT2D eigenvalue weighted by Gasteiger charge is -2.36. The lowest BCUT2D eigenvalue weighted by molar-refractivity contribution is -0.137. The van der Waals surface area contributed by atoms with E-state index in [1.54, 1.807) is 0 Å². The summed E-state index contributed by atoms with van der Waals surface area (Å²) in [5, 5.41) is 15.0. The van der Waals surface area contributed by atoms with E-state index in [0.717, 1.165) is 26.1 Å². The Hall–Kier alpha value is -4.18. The molecule has 0 saturated carbocycles. The molecule has 192 valence electrons. The summed E-state index contributed by atoms with van der Waals surface area (Å²) in [5.41, 5.74) is -1.59. The molecule has 0 spiro atoms. The minimum atomic E-state index is -4.47. The Morgan fingerprint density at radius 1 is 0.917 bits per heavy atom. The first-order valence-corrected chi connectivity index (χ1v) is 10.1. The molecular weight excluding hydrogens is 491 g/mol. The van der Waals surface area contributed by atoms with Crippen LogP contribution in [-0.2, 0) is 11.0 Å². The third-order valence-corrected chi connectivity index (χ3v) is 5.02. The van der Waals surface area contributed by atoms with Gasteiger partial charge in [0.05, 0.1) is 5.56 Å². The molecule has 8 nitrogen and oxygen atoms in total. The molecule has 0 aliphatic heterocycles. The van der Waals surface area contributed by atoms with Gasteiger partial charge in [-0.05, 0) is 55.5 Å². The summed E-state index contributed by atoms with van der Waals surface area (Å²) in [5.74, 6) is 3.00. The van der Waals surface area contributed by atoms with Crippen molar-refractivity contribution in [3.63, 3.8) is 0 Å². The minimum Gasteiger partial charge on any atom is -0.341 e. The van der Waals surface area contributed by atoms with Crippen molar-refractivity contribution in [2.24, 2.45) is 0 Å². The Balaban J connectivity index is 2.21. The minimum absolute atomic E-state index is 0.0672. The first-order valence-electron chi connectivity index (χ1n) is 10.1. The van der Waals surface area contributed by atoms with E-state index in [0.29, 0.717) is 11.1 Å². The van der Waals surface area contributed by atoms with Crippen LogP contribution >= 0.6 is 0 Å². The van der Waals surface area contributed by atoms with Crippen molar-refractivity contribution in [1.29, 1.82) is 0 Å². The van der Waals surface area contributed by atoms with E-state index in [4.69, 9.17) is 5.21 Å². The number of carbonyl (C=O) groups is 3. The molecule has 0 fully saturated rings. The molecule has 13 heteroatoms.